The summed E-state index contributed by atoms with van der Waals surface area (Å²) in [6, 6.07) is 20.6. The molecule has 0 spiro atoms. The molecule has 2 N–H and O–H groups in total. The van der Waals surface area contributed by atoms with Crippen LogP contribution in [0.15, 0.2) is 60.7 Å². The lowest BCUT2D eigenvalue weighted by molar-refractivity contribution is 0.349. The zero-order valence-corrected chi connectivity index (χ0v) is 19.3. The maximum atomic E-state index is 5.80. The van der Waals surface area contributed by atoms with E-state index in [0.29, 0.717) is 11.5 Å². The van der Waals surface area contributed by atoms with Crippen LogP contribution in [0, 0.1) is 0 Å². The Balaban J connectivity index is 1.69. The first-order valence-corrected chi connectivity index (χ1v) is 11.0. The average molecular weight is 445 g/mol. The molecule has 0 fully saturated rings. The van der Waals surface area contributed by atoms with Crippen molar-refractivity contribution >= 4 is 10.9 Å². The molecule has 2 atom stereocenters. The van der Waals surface area contributed by atoms with Crippen molar-refractivity contribution < 1.29 is 18.9 Å². The quantitative estimate of drug-likeness (QED) is 0.437. The summed E-state index contributed by atoms with van der Waals surface area (Å²) in [4.78, 5) is 3.69. The van der Waals surface area contributed by atoms with Crippen molar-refractivity contribution in [1.82, 2.24) is 10.3 Å². The molecule has 0 aliphatic carbocycles. The van der Waals surface area contributed by atoms with Crippen LogP contribution in [0.3, 0.4) is 0 Å². The average Bonchev–Trinajstić information content (AvgIpc) is 3.27. The molecular formula is C27H28N2O4. The van der Waals surface area contributed by atoms with Crippen molar-refractivity contribution in [2.75, 3.05) is 35.0 Å². The van der Waals surface area contributed by atoms with Crippen LogP contribution in [0.4, 0.5) is 0 Å². The molecule has 4 aromatic rings. The molecule has 0 bridgehead atoms. The van der Waals surface area contributed by atoms with Gasteiger partial charge in [-0.1, -0.05) is 36.4 Å². The van der Waals surface area contributed by atoms with E-state index in [4.69, 9.17) is 18.9 Å². The van der Waals surface area contributed by atoms with Gasteiger partial charge in [-0.15, -0.1) is 0 Å². The van der Waals surface area contributed by atoms with Crippen LogP contribution in [0.5, 0.6) is 23.0 Å². The van der Waals surface area contributed by atoms with Crippen molar-refractivity contribution in [3.63, 3.8) is 0 Å². The van der Waals surface area contributed by atoms with E-state index in [2.05, 4.69) is 46.7 Å². The highest BCUT2D eigenvalue weighted by molar-refractivity contribution is 5.87. The van der Waals surface area contributed by atoms with Gasteiger partial charge in [0.05, 0.1) is 34.5 Å². The van der Waals surface area contributed by atoms with E-state index >= 15 is 0 Å². The van der Waals surface area contributed by atoms with Crippen LogP contribution in [0.25, 0.3) is 10.9 Å². The SMILES string of the molecule is COc1ccc([C@@H]2NC[C@H](c3cccc(OC)c3OC)c3c2[nH]c2ccccc32)cc1OC. The fourth-order valence-electron chi connectivity index (χ4n) is 5.00. The molecule has 1 aliphatic heterocycles. The normalized spacial score (nSPS) is 17.5. The summed E-state index contributed by atoms with van der Waals surface area (Å²) in [5.74, 6) is 3.03. The molecule has 0 radical (unpaired) electrons. The molecule has 1 aliphatic rings. The van der Waals surface area contributed by atoms with Crippen molar-refractivity contribution in [1.29, 1.82) is 0 Å². The summed E-state index contributed by atoms with van der Waals surface area (Å²) in [5, 5.41) is 4.97. The molecule has 3 aromatic carbocycles. The van der Waals surface area contributed by atoms with Crippen LogP contribution >= 0.6 is 0 Å². The van der Waals surface area contributed by atoms with Crippen molar-refractivity contribution in [3.05, 3.63) is 83.0 Å². The number of hydrogen-bond donors (Lipinski definition) is 2. The summed E-state index contributed by atoms with van der Waals surface area (Å²) in [6.45, 7) is 0.747. The zero-order chi connectivity index (χ0) is 22.9. The van der Waals surface area contributed by atoms with Crippen LogP contribution in [0.2, 0.25) is 0 Å². The Morgan fingerprint density at radius 3 is 2.30 bits per heavy atom. The molecule has 0 unspecified atom stereocenters. The zero-order valence-electron chi connectivity index (χ0n) is 19.3. The number of fused-ring (bicyclic) bond motifs is 3. The minimum absolute atomic E-state index is 0.0138. The van der Waals surface area contributed by atoms with Gasteiger partial charge >= 0.3 is 0 Å². The van der Waals surface area contributed by atoms with E-state index in [0.717, 1.165) is 40.4 Å². The second kappa shape index (κ2) is 8.71. The number of aromatic amines is 1. The molecule has 0 amide bonds. The van der Waals surface area contributed by atoms with Crippen molar-refractivity contribution in [2.24, 2.45) is 0 Å². The second-order valence-electron chi connectivity index (χ2n) is 8.09. The van der Waals surface area contributed by atoms with Crippen LogP contribution < -0.4 is 24.3 Å². The van der Waals surface area contributed by atoms with Crippen LogP contribution in [-0.2, 0) is 0 Å². The number of hydrogen-bond acceptors (Lipinski definition) is 5. The van der Waals surface area contributed by atoms with Crippen molar-refractivity contribution in [2.45, 2.75) is 12.0 Å². The van der Waals surface area contributed by atoms with E-state index in [1.54, 1.807) is 28.4 Å². The number of rotatable bonds is 6. The third kappa shape index (κ3) is 3.47. The van der Waals surface area contributed by atoms with E-state index < -0.39 is 0 Å². The van der Waals surface area contributed by atoms with Gasteiger partial charge in [0.1, 0.15) is 0 Å². The van der Waals surface area contributed by atoms with E-state index in [1.165, 1.54) is 10.9 Å². The summed E-state index contributed by atoms with van der Waals surface area (Å²) in [6.07, 6.45) is 0. The lowest BCUT2D eigenvalue weighted by atomic mass is 9.82. The molecule has 0 saturated carbocycles. The highest BCUT2D eigenvalue weighted by Gasteiger charge is 2.34. The fourth-order valence-corrected chi connectivity index (χ4v) is 5.00. The Hall–Kier alpha value is -3.64. The summed E-state index contributed by atoms with van der Waals surface area (Å²) in [5.41, 5.74) is 5.74. The number of ether oxygens (including phenoxy) is 4. The van der Waals surface area contributed by atoms with Gasteiger partial charge in [0.25, 0.3) is 0 Å². The van der Waals surface area contributed by atoms with Crippen LogP contribution in [-0.4, -0.2) is 40.0 Å². The van der Waals surface area contributed by atoms with Gasteiger partial charge in [0.2, 0.25) is 0 Å². The lowest BCUT2D eigenvalue weighted by Gasteiger charge is -2.32. The molecule has 1 aromatic heterocycles. The summed E-state index contributed by atoms with van der Waals surface area (Å²) < 4.78 is 22.4. The molecule has 2 heterocycles. The number of para-hydroxylation sites is 2. The summed E-state index contributed by atoms with van der Waals surface area (Å²) >= 11 is 0. The predicted molar refractivity (Wildman–Crippen MR) is 129 cm³/mol. The monoisotopic (exact) mass is 444 g/mol. The molecule has 0 saturated heterocycles. The predicted octanol–water partition coefficient (Wildman–Crippen LogP) is 5.03. The maximum Gasteiger partial charge on any atom is 0.164 e. The minimum atomic E-state index is -0.0138. The van der Waals surface area contributed by atoms with Gasteiger partial charge in [-0.25, -0.2) is 0 Å². The molecule has 5 rings (SSSR count). The number of methoxy groups -OCH3 is 4. The maximum absolute atomic E-state index is 5.80. The van der Waals surface area contributed by atoms with E-state index in [9.17, 15) is 0 Å². The Kier molecular flexibility index (Phi) is 5.60. The molecule has 6 heteroatoms. The highest BCUT2D eigenvalue weighted by Crippen LogP contribution is 2.46. The largest absolute Gasteiger partial charge is 0.493 e. The topological polar surface area (TPSA) is 64.7 Å². The number of H-pyrrole nitrogens is 1. The minimum Gasteiger partial charge on any atom is -0.493 e. The first-order chi connectivity index (χ1) is 16.2. The van der Waals surface area contributed by atoms with Gasteiger partial charge in [-0.05, 0) is 35.4 Å². The Morgan fingerprint density at radius 2 is 1.55 bits per heavy atom. The van der Waals surface area contributed by atoms with Gasteiger partial charge in [-0.2, -0.15) is 0 Å². The Morgan fingerprint density at radius 1 is 0.758 bits per heavy atom. The molecule has 33 heavy (non-hydrogen) atoms. The number of benzene rings is 3. The van der Waals surface area contributed by atoms with Gasteiger partial charge < -0.3 is 29.2 Å². The highest BCUT2D eigenvalue weighted by atomic mass is 16.5. The fraction of sp³-hybridized carbons (Fsp3) is 0.259. The summed E-state index contributed by atoms with van der Waals surface area (Å²) in [7, 11) is 6.68. The van der Waals surface area contributed by atoms with Crippen LogP contribution in [0.1, 0.15) is 34.3 Å². The van der Waals surface area contributed by atoms with E-state index in [1.807, 2.05) is 24.3 Å². The smallest absolute Gasteiger partial charge is 0.164 e. The molecule has 6 nitrogen and oxygen atoms in total. The number of nitrogens with one attached hydrogen (secondary N) is 2. The molecule has 170 valence electrons. The number of aromatic nitrogens is 1. The second-order valence-corrected chi connectivity index (χ2v) is 8.09. The molecular weight excluding hydrogens is 416 g/mol. The van der Waals surface area contributed by atoms with E-state index in [-0.39, 0.29) is 12.0 Å². The lowest BCUT2D eigenvalue weighted by Crippen LogP contribution is -2.34. The first kappa shape index (κ1) is 21.2. The Bertz CT molecular complexity index is 1300. The van der Waals surface area contributed by atoms with Gasteiger partial charge in [0, 0.05) is 34.6 Å². The third-order valence-corrected chi connectivity index (χ3v) is 6.49. The third-order valence-electron chi connectivity index (χ3n) is 6.49. The van der Waals surface area contributed by atoms with Gasteiger partial charge in [0.15, 0.2) is 23.0 Å². The van der Waals surface area contributed by atoms with Crippen molar-refractivity contribution in [3.8, 4) is 23.0 Å². The Labute approximate surface area is 193 Å². The first-order valence-electron chi connectivity index (χ1n) is 11.0. The standard InChI is InChI=1S/C27H28N2O4/c1-30-21-13-12-16(14-23(21)32-3)25-26-24(18-8-5-6-10-20(18)29-26)19(15-28-25)17-9-7-11-22(31-2)27(17)33-4/h5-14,19,25,28-29H,15H2,1-4H3/t19-,25+/m1/s1. The van der Waals surface area contributed by atoms with Gasteiger partial charge in [-0.3, -0.25) is 0 Å².